The van der Waals surface area contributed by atoms with E-state index in [1.54, 1.807) is 74.8 Å². The van der Waals surface area contributed by atoms with Gasteiger partial charge in [-0.1, -0.05) is 47.5 Å². The van der Waals surface area contributed by atoms with Crippen molar-refractivity contribution in [1.82, 2.24) is 30.6 Å². The van der Waals surface area contributed by atoms with E-state index in [0.717, 1.165) is 0 Å². The molecular formula is C39H39Cl2N12O6Pd-. The number of amides is 2. The zero-order chi connectivity index (χ0) is 41.8. The Morgan fingerprint density at radius 3 is 1.53 bits per heavy atom. The summed E-state index contributed by atoms with van der Waals surface area (Å²) in [6.07, 6.45) is 2.85. The van der Waals surface area contributed by atoms with Crippen molar-refractivity contribution in [2.24, 2.45) is 0 Å². The molecule has 0 unspecified atom stereocenters. The monoisotopic (exact) mass is 947 g/mol. The van der Waals surface area contributed by atoms with Crippen molar-refractivity contribution >= 4 is 92.7 Å². The summed E-state index contributed by atoms with van der Waals surface area (Å²) in [5.41, 5.74) is 9.29. The number of hydrogen-bond acceptors (Lipinski definition) is 15. The van der Waals surface area contributed by atoms with E-state index in [1.165, 1.54) is 44.8 Å². The number of nitrogens with one attached hydrogen (secondary N) is 6. The number of nitrogens with two attached hydrogens (primary N) is 1. The third kappa shape index (κ3) is 12.1. The maximum atomic E-state index is 12.1. The van der Waals surface area contributed by atoms with Crippen LogP contribution in [0.15, 0.2) is 97.3 Å². The summed E-state index contributed by atoms with van der Waals surface area (Å²) in [5.74, 6) is 1.41. The quantitative estimate of drug-likeness (QED) is 0.0191. The van der Waals surface area contributed by atoms with Gasteiger partial charge >= 0.3 is 0 Å². The molecule has 0 fully saturated rings. The minimum Gasteiger partial charge on any atom is -0.494 e. The number of para-hydroxylation sites is 2. The predicted octanol–water partition coefficient (Wildman–Crippen LogP) is 7.91. The van der Waals surface area contributed by atoms with Crippen LogP contribution in [0.25, 0.3) is 0 Å². The number of nitro groups is 1. The molecule has 6 rings (SSSR count). The number of anilines is 9. The number of nitro benzene ring substituents is 1. The molecular weight excluding hydrogens is 910 g/mol. The Bertz CT molecular complexity index is 2460. The fourth-order valence-electron chi connectivity index (χ4n) is 5.08. The number of halogens is 2. The molecule has 60 heavy (non-hydrogen) atoms. The molecule has 0 radical (unpaired) electrons. The molecule has 6 aromatic rings. The van der Waals surface area contributed by atoms with E-state index in [2.05, 4.69) is 51.8 Å². The SMILES string of the molecule is CNC(=O)c1ccccc1Nc1nc(Nc2ccc(N)cc2OC)ncc1Cl.CNC(=O)c1ccccc1Nc1nc(Nc2ccc([N+](=O)[O-])cc2OC)ncc1Cl.[CH3-].[Pd]. The average molecular weight is 949 g/mol. The summed E-state index contributed by atoms with van der Waals surface area (Å²) in [4.78, 5) is 51.6. The standard InChI is InChI=1S/C19H17ClN6O4.C19H19ClN6O2.CH3.Pd/c1-21-18(27)12-5-3-4-6-14(12)23-17-13(20)10-22-19(25-17)24-15-8-7-11(26(28)29)9-16(15)30-2;1-22-18(27)12-5-3-4-6-14(12)24-17-13(20)10-23-19(26-17)25-15-8-7-11(21)9-16(15)28-2;;/h3-10H,1-2H3,(H,21,27)(H2,22,23,24,25);3-10H,21H2,1-2H3,(H,22,27)(H2,23,24,25,26);1H3;/q;;-1;. The summed E-state index contributed by atoms with van der Waals surface area (Å²) in [7, 11) is 6.05. The molecule has 2 amide bonds. The topological polar surface area (TPSA) is 245 Å². The molecule has 0 saturated heterocycles. The first-order valence-electron chi connectivity index (χ1n) is 17.0. The molecule has 2 aromatic heterocycles. The molecule has 8 N–H and O–H groups in total. The van der Waals surface area contributed by atoms with Crippen LogP contribution in [0.5, 0.6) is 11.5 Å². The van der Waals surface area contributed by atoms with Gasteiger partial charge in [0.1, 0.15) is 21.5 Å². The molecule has 316 valence electrons. The van der Waals surface area contributed by atoms with Crippen LogP contribution in [-0.2, 0) is 20.4 Å². The van der Waals surface area contributed by atoms with Gasteiger partial charge in [0.2, 0.25) is 11.9 Å². The number of nitrogens with zero attached hydrogens (tertiary/aromatic N) is 5. The van der Waals surface area contributed by atoms with E-state index < -0.39 is 4.92 Å². The Labute approximate surface area is 368 Å². The first kappa shape index (κ1) is 47.6. The molecule has 0 bridgehead atoms. The van der Waals surface area contributed by atoms with Crippen LogP contribution in [0.2, 0.25) is 10.0 Å². The summed E-state index contributed by atoms with van der Waals surface area (Å²) in [6, 6.07) is 23.2. The molecule has 0 aliphatic rings. The van der Waals surface area contributed by atoms with Gasteiger partial charge in [-0.2, -0.15) is 9.97 Å². The van der Waals surface area contributed by atoms with Crippen LogP contribution >= 0.6 is 23.2 Å². The van der Waals surface area contributed by atoms with Gasteiger partial charge in [-0.25, -0.2) is 9.97 Å². The van der Waals surface area contributed by atoms with Gasteiger partial charge in [0.25, 0.3) is 17.5 Å². The molecule has 0 atom stereocenters. The number of methoxy groups -OCH3 is 2. The van der Waals surface area contributed by atoms with Gasteiger partial charge in [0.05, 0.1) is 71.5 Å². The summed E-state index contributed by atoms with van der Waals surface area (Å²) < 4.78 is 10.5. The van der Waals surface area contributed by atoms with Crippen LogP contribution in [0.3, 0.4) is 0 Å². The third-order valence-electron chi connectivity index (χ3n) is 7.91. The average Bonchev–Trinajstić information content (AvgIpc) is 3.23. The van der Waals surface area contributed by atoms with Gasteiger partial charge in [0.15, 0.2) is 11.6 Å². The second-order valence-corrected chi connectivity index (χ2v) is 12.4. The second kappa shape index (κ2) is 22.4. The maximum Gasteiger partial charge on any atom is 0.273 e. The van der Waals surface area contributed by atoms with Crippen LogP contribution in [-0.4, -0.2) is 65.0 Å². The van der Waals surface area contributed by atoms with Crippen LogP contribution in [0.4, 0.5) is 57.7 Å². The van der Waals surface area contributed by atoms with Crippen molar-refractivity contribution in [3.63, 3.8) is 0 Å². The molecule has 2 heterocycles. The van der Waals surface area contributed by atoms with E-state index in [9.17, 15) is 19.7 Å². The van der Waals surface area contributed by atoms with Gasteiger partial charge < -0.3 is 54.5 Å². The molecule has 0 aliphatic carbocycles. The minimum absolute atomic E-state index is 0. The summed E-state index contributed by atoms with van der Waals surface area (Å²) >= 11 is 12.5. The number of hydrogen-bond donors (Lipinski definition) is 7. The first-order chi connectivity index (χ1) is 27.9. The van der Waals surface area contributed by atoms with Gasteiger partial charge in [-0.15, -0.1) is 0 Å². The van der Waals surface area contributed by atoms with Crippen molar-refractivity contribution < 1.29 is 44.4 Å². The Morgan fingerprint density at radius 2 is 1.10 bits per heavy atom. The number of non-ortho nitro benzene ring substituents is 1. The number of rotatable bonds is 13. The second-order valence-electron chi connectivity index (χ2n) is 11.6. The largest absolute Gasteiger partial charge is 0.494 e. The summed E-state index contributed by atoms with van der Waals surface area (Å²) in [6.45, 7) is 0. The minimum atomic E-state index is -0.517. The molecule has 0 spiro atoms. The molecule has 0 saturated carbocycles. The number of aromatic nitrogens is 4. The zero-order valence-electron chi connectivity index (χ0n) is 32.6. The maximum absolute atomic E-state index is 12.1. The Hall–Kier alpha value is -6.78. The first-order valence-corrected chi connectivity index (χ1v) is 17.7. The van der Waals surface area contributed by atoms with Crippen molar-refractivity contribution in [3.05, 3.63) is 136 Å². The van der Waals surface area contributed by atoms with Crippen molar-refractivity contribution in [1.29, 1.82) is 0 Å². The number of carbonyl (C=O) groups is 2. The number of nitrogen functional groups attached to an aromatic ring is 1. The Morgan fingerprint density at radius 1 is 0.667 bits per heavy atom. The van der Waals surface area contributed by atoms with E-state index >= 15 is 0 Å². The number of benzene rings is 4. The Balaban J connectivity index is 0.000000311. The Kier molecular flexibility index (Phi) is 17.8. The van der Waals surface area contributed by atoms with Crippen LogP contribution in [0, 0.1) is 17.5 Å². The molecule has 0 aliphatic heterocycles. The number of carbonyl (C=O) groups excluding carboxylic acids is 2. The van der Waals surface area contributed by atoms with Gasteiger partial charge in [-0.3, -0.25) is 19.7 Å². The fraction of sp³-hybridized carbons (Fsp3) is 0.103. The van der Waals surface area contributed by atoms with Gasteiger partial charge in [-0.05, 0) is 42.5 Å². The zero-order valence-corrected chi connectivity index (χ0v) is 35.6. The number of ether oxygens (including phenoxy) is 2. The fourth-order valence-corrected chi connectivity index (χ4v) is 5.36. The smallest absolute Gasteiger partial charge is 0.273 e. The van der Waals surface area contributed by atoms with E-state index in [4.69, 9.17) is 38.4 Å². The predicted molar refractivity (Wildman–Crippen MR) is 230 cm³/mol. The van der Waals surface area contributed by atoms with Crippen molar-refractivity contribution in [2.75, 3.05) is 55.3 Å². The summed E-state index contributed by atoms with van der Waals surface area (Å²) in [5, 5.41) is 28.8. The normalized spacial score (nSPS) is 9.90. The van der Waals surface area contributed by atoms with Gasteiger partial charge in [0, 0.05) is 52.3 Å². The molecule has 21 heteroatoms. The van der Waals surface area contributed by atoms with E-state index in [-0.39, 0.29) is 67.9 Å². The molecule has 4 aromatic carbocycles. The van der Waals surface area contributed by atoms with Crippen LogP contribution in [0.1, 0.15) is 20.7 Å². The van der Waals surface area contributed by atoms with E-state index in [0.29, 0.717) is 62.1 Å². The van der Waals surface area contributed by atoms with E-state index in [1.807, 2.05) is 6.07 Å². The van der Waals surface area contributed by atoms with Crippen molar-refractivity contribution in [3.8, 4) is 11.5 Å². The molecule has 18 nitrogen and oxygen atoms in total. The third-order valence-corrected chi connectivity index (χ3v) is 8.46. The van der Waals surface area contributed by atoms with Crippen molar-refractivity contribution in [2.45, 2.75) is 0 Å². The van der Waals surface area contributed by atoms with Crippen LogP contribution < -0.4 is 47.1 Å².